The molecule has 0 saturated heterocycles. The summed E-state index contributed by atoms with van der Waals surface area (Å²) < 4.78 is 7.77. The minimum atomic E-state index is -0.159. The van der Waals surface area contributed by atoms with Crippen LogP contribution >= 0.6 is 23.2 Å². The third-order valence-corrected chi connectivity index (χ3v) is 7.97. The van der Waals surface area contributed by atoms with E-state index in [4.69, 9.17) is 38.0 Å². The second-order valence-corrected chi connectivity index (χ2v) is 10.8. The van der Waals surface area contributed by atoms with Gasteiger partial charge in [-0.1, -0.05) is 91.0 Å². The first kappa shape index (κ1) is 25.6. The number of hydrogen-bond acceptors (Lipinski definition) is 4. The van der Waals surface area contributed by atoms with E-state index in [0.717, 1.165) is 53.4 Å². The van der Waals surface area contributed by atoms with Crippen LogP contribution in [0.15, 0.2) is 88.8 Å². The number of aromatic nitrogens is 2. The van der Waals surface area contributed by atoms with Gasteiger partial charge in [-0.05, 0) is 53.9 Å². The van der Waals surface area contributed by atoms with Gasteiger partial charge >= 0.3 is 0 Å². The van der Waals surface area contributed by atoms with Crippen molar-refractivity contribution in [2.75, 3.05) is 0 Å². The van der Waals surface area contributed by atoms with Crippen LogP contribution in [0, 0.1) is 0 Å². The first-order valence-corrected chi connectivity index (χ1v) is 14.0. The number of benzene rings is 4. The summed E-state index contributed by atoms with van der Waals surface area (Å²) in [6.45, 7) is 0.264. The van der Waals surface area contributed by atoms with Gasteiger partial charge in [0.2, 0.25) is 0 Å². The highest BCUT2D eigenvalue weighted by molar-refractivity contribution is 6.35. The topological polar surface area (TPSA) is 56.5 Å². The Hall–Kier alpha value is -3.67. The van der Waals surface area contributed by atoms with Gasteiger partial charge < -0.3 is 4.74 Å². The first-order chi connectivity index (χ1) is 19.1. The van der Waals surface area contributed by atoms with Crippen LogP contribution in [0.2, 0.25) is 10.0 Å². The molecule has 1 aliphatic rings. The molecule has 0 spiro atoms. The van der Waals surface area contributed by atoms with Crippen molar-refractivity contribution in [2.45, 2.75) is 44.6 Å². The predicted octanol–water partition coefficient (Wildman–Crippen LogP) is 8.37. The summed E-state index contributed by atoms with van der Waals surface area (Å²) >= 11 is 12.5. The molecule has 4 aromatic carbocycles. The maximum absolute atomic E-state index is 13.7. The maximum Gasteiger partial charge on any atom is 0.282 e. The Morgan fingerprint density at radius 2 is 1.69 bits per heavy atom. The summed E-state index contributed by atoms with van der Waals surface area (Å²) in [5.41, 5.74) is 2.16. The molecule has 196 valence electrons. The lowest BCUT2D eigenvalue weighted by atomic mass is 9.88. The molecule has 7 heteroatoms. The average molecular weight is 556 g/mol. The van der Waals surface area contributed by atoms with E-state index in [0.29, 0.717) is 26.7 Å². The third-order valence-electron chi connectivity index (χ3n) is 7.38. The summed E-state index contributed by atoms with van der Waals surface area (Å²) in [6.07, 6.45) is 7.21. The molecule has 5 nitrogen and oxygen atoms in total. The van der Waals surface area contributed by atoms with Crippen molar-refractivity contribution in [3.05, 3.63) is 116 Å². The Kier molecular flexibility index (Phi) is 7.36. The second kappa shape index (κ2) is 11.2. The molecule has 0 aliphatic heterocycles. The highest BCUT2D eigenvalue weighted by Crippen LogP contribution is 2.32. The van der Waals surface area contributed by atoms with Crippen molar-refractivity contribution in [1.29, 1.82) is 0 Å². The molecular formula is C32H27Cl2N3O2. The molecule has 0 bridgehead atoms. The average Bonchev–Trinajstić information content (AvgIpc) is 2.97. The Morgan fingerprint density at radius 1 is 0.923 bits per heavy atom. The maximum atomic E-state index is 13.7. The second-order valence-electron chi connectivity index (χ2n) is 9.91. The monoisotopic (exact) mass is 555 g/mol. The molecule has 0 amide bonds. The van der Waals surface area contributed by atoms with E-state index >= 15 is 0 Å². The third kappa shape index (κ3) is 5.29. The van der Waals surface area contributed by atoms with Gasteiger partial charge in [0.25, 0.3) is 5.56 Å². The SMILES string of the molecule is O=c1c2ccccc2nc(C2CCCCC2)n1N=Cc1c(OCc2ccc(Cl)cc2Cl)ccc2ccccc12. The number of hydrogen-bond donors (Lipinski definition) is 0. The highest BCUT2D eigenvalue weighted by Gasteiger charge is 2.22. The van der Waals surface area contributed by atoms with Crippen LogP contribution in [0.3, 0.4) is 0 Å². The molecule has 0 unspecified atom stereocenters. The van der Waals surface area contributed by atoms with Gasteiger partial charge in [0, 0.05) is 27.1 Å². The number of fused-ring (bicyclic) bond motifs is 2. The Balaban J connectivity index is 1.45. The zero-order valence-corrected chi connectivity index (χ0v) is 22.8. The molecule has 1 fully saturated rings. The fraction of sp³-hybridized carbons (Fsp3) is 0.219. The summed E-state index contributed by atoms with van der Waals surface area (Å²) in [5.74, 6) is 1.57. The van der Waals surface area contributed by atoms with Crippen LogP contribution in [-0.4, -0.2) is 15.9 Å². The van der Waals surface area contributed by atoms with Crippen molar-refractivity contribution < 1.29 is 4.74 Å². The molecule has 1 aromatic heterocycles. The normalized spacial score (nSPS) is 14.4. The number of para-hydroxylation sites is 1. The zero-order valence-electron chi connectivity index (χ0n) is 21.3. The fourth-order valence-electron chi connectivity index (χ4n) is 5.32. The van der Waals surface area contributed by atoms with Crippen molar-refractivity contribution in [3.8, 4) is 5.75 Å². The molecule has 39 heavy (non-hydrogen) atoms. The summed E-state index contributed by atoms with van der Waals surface area (Å²) in [6, 6.07) is 24.8. The molecule has 1 heterocycles. The van der Waals surface area contributed by atoms with Crippen LogP contribution in [0.1, 0.15) is 55.0 Å². The van der Waals surface area contributed by atoms with Crippen LogP contribution in [0.25, 0.3) is 21.7 Å². The molecule has 1 aliphatic carbocycles. The zero-order chi connectivity index (χ0) is 26.8. The summed E-state index contributed by atoms with van der Waals surface area (Å²) in [4.78, 5) is 18.6. The molecule has 0 N–H and O–H groups in total. The minimum Gasteiger partial charge on any atom is -0.488 e. The van der Waals surface area contributed by atoms with Crippen LogP contribution in [-0.2, 0) is 6.61 Å². The van der Waals surface area contributed by atoms with Crippen molar-refractivity contribution in [2.24, 2.45) is 5.10 Å². The van der Waals surface area contributed by atoms with Gasteiger partial charge in [0.05, 0.1) is 17.1 Å². The van der Waals surface area contributed by atoms with Gasteiger partial charge in [-0.3, -0.25) is 4.79 Å². The van der Waals surface area contributed by atoms with Gasteiger partial charge in [-0.25, -0.2) is 4.98 Å². The van der Waals surface area contributed by atoms with Crippen molar-refractivity contribution in [1.82, 2.24) is 9.66 Å². The predicted molar refractivity (Wildman–Crippen MR) is 160 cm³/mol. The first-order valence-electron chi connectivity index (χ1n) is 13.2. The number of halogens is 2. The lowest BCUT2D eigenvalue weighted by Crippen LogP contribution is -2.25. The lowest BCUT2D eigenvalue weighted by Gasteiger charge is -2.22. The van der Waals surface area contributed by atoms with E-state index < -0.39 is 0 Å². The van der Waals surface area contributed by atoms with Crippen LogP contribution in [0.5, 0.6) is 5.75 Å². The largest absolute Gasteiger partial charge is 0.488 e. The molecular weight excluding hydrogens is 529 g/mol. The Labute approximate surface area is 236 Å². The molecule has 6 rings (SSSR count). The molecule has 0 radical (unpaired) electrons. The van der Waals surface area contributed by atoms with E-state index in [-0.39, 0.29) is 18.1 Å². The Morgan fingerprint density at radius 3 is 2.51 bits per heavy atom. The Bertz CT molecular complexity index is 1760. The lowest BCUT2D eigenvalue weighted by molar-refractivity contribution is 0.306. The summed E-state index contributed by atoms with van der Waals surface area (Å²) in [5, 5.41) is 8.49. The summed E-state index contributed by atoms with van der Waals surface area (Å²) in [7, 11) is 0. The van der Waals surface area contributed by atoms with E-state index in [2.05, 4.69) is 0 Å². The highest BCUT2D eigenvalue weighted by atomic mass is 35.5. The number of nitrogens with zero attached hydrogens (tertiary/aromatic N) is 3. The molecule has 0 atom stereocenters. The van der Waals surface area contributed by atoms with Crippen LogP contribution in [0.4, 0.5) is 0 Å². The van der Waals surface area contributed by atoms with Crippen molar-refractivity contribution in [3.63, 3.8) is 0 Å². The van der Waals surface area contributed by atoms with E-state index in [1.54, 1.807) is 18.3 Å². The van der Waals surface area contributed by atoms with E-state index in [9.17, 15) is 4.79 Å². The standard InChI is InChI=1S/C32H27Cl2N3O2/c33-24-16-14-23(28(34)18-24)20-39-30-17-15-21-8-4-5-11-25(21)27(30)19-35-37-31(22-9-2-1-3-10-22)36-29-13-7-6-12-26(29)32(37)38/h4-8,11-19,22H,1-3,9-10,20H2. The van der Waals surface area contributed by atoms with E-state index in [1.807, 2.05) is 66.7 Å². The van der Waals surface area contributed by atoms with Gasteiger partial charge in [0.1, 0.15) is 18.2 Å². The quantitative estimate of drug-likeness (QED) is 0.198. The smallest absolute Gasteiger partial charge is 0.282 e. The molecule has 5 aromatic rings. The van der Waals surface area contributed by atoms with Gasteiger partial charge in [-0.2, -0.15) is 9.78 Å². The fourth-order valence-corrected chi connectivity index (χ4v) is 5.78. The number of rotatable bonds is 6. The van der Waals surface area contributed by atoms with E-state index in [1.165, 1.54) is 11.1 Å². The van der Waals surface area contributed by atoms with Gasteiger partial charge in [0.15, 0.2) is 0 Å². The minimum absolute atomic E-state index is 0.159. The molecule has 1 saturated carbocycles. The van der Waals surface area contributed by atoms with Crippen molar-refractivity contribution >= 4 is 51.1 Å². The van der Waals surface area contributed by atoms with Crippen LogP contribution < -0.4 is 10.3 Å². The number of ether oxygens (including phenoxy) is 1. The van der Waals surface area contributed by atoms with Gasteiger partial charge in [-0.15, -0.1) is 0 Å².